The lowest BCUT2D eigenvalue weighted by molar-refractivity contribution is -0.121. The van der Waals surface area contributed by atoms with Gasteiger partial charge in [0.15, 0.2) is 0 Å². The van der Waals surface area contributed by atoms with Gasteiger partial charge in [0, 0.05) is 5.02 Å². The Hall–Kier alpha value is -2.00. The molecule has 1 atom stereocenters. The monoisotopic (exact) mass is 317 g/mol. The van der Waals surface area contributed by atoms with Crippen molar-refractivity contribution >= 4 is 17.5 Å². The number of amides is 1. The van der Waals surface area contributed by atoms with Gasteiger partial charge in [-0.3, -0.25) is 4.79 Å². The van der Waals surface area contributed by atoms with Crippen LogP contribution in [0.15, 0.2) is 48.5 Å². The summed E-state index contributed by atoms with van der Waals surface area (Å²) in [6.07, 6.45) is 0.272. The highest BCUT2D eigenvalue weighted by molar-refractivity contribution is 6.31. The van der Waals surface area contributed by atoms with Crippen LogP contribution >= 0.6 is 11.6 Å². The number of carbonyl (C=O) groups excluding carboxylic acids is 1. The van der Waals surface area contributed by atoms with Crippen LogP contribution in [0.4, 0.5) is 0 Å². The van der Waals surface area contributed by atoms with E-state index in [0.717, 1.165) is 16.9 Å². The van der Waals surface area contributed by atoms with Crippen LogP contribution in [-0.4, -0.2) is 18.6 Å². The van der Waals surface area contributed by atoms with Crippen molar-refractivity contribution in [1.29, 1.82) is 0 Å². The minimum Gasteiger partial charge on any atom is -0.491 e. The highest BCUT2D eigenvalue weighted by Gasteiger charge is 2.11. The van der Waals surface area contributed by atoms with Gasteiger partial charge in [-0.05, 0) is 37.1 Å². The fourth-order valence-electron chi connectivity index (χ4n) is 2.12. The lowest BCUT2D eigenvalue weighted by Crippen LogP contribution is -2.37. The molecule has 22 heavy (non-hydrogen) atoms. The molecule has 2 rings (SSSR count). The second-order valence-corrected chi connectivity index (χ2v) is 5.72. The zero-order valence-electron chi connectivity index (χ0n) is 12.8. The van der Waals surface area contributed by atoms with Crippen molar-refractivity contribution in [3.05, 3.63) is 64.7 Å². The topological polar surface area (TPSA) is 38.3 Å². The average Bonchev–Trinajstić information content (AvgIpc) is 2.49. The minimum atomic E-state index is -0.0745. The maximum Gasteiger partial charge on any atom is 0.224 e. The fourth-order valence-corrected chi connectivity index (χ4v) is 2.32. The van der Waals surface area contributed by atoms with Crippen LogP contribution in [0.2, 0.25) is 5.02 Å². The molecule has 3 nitrogen and oxygen atoms in total. The van der Waals surface area contributed by atoms with Gasteiger partial charge in [0.1, 0.15) is 12.4 Å². The van der Waals surface area contributed by atoms with Crippen LogP contribution in [-0.2, 0) is 11.2 Å². The van der Waals surface area contributed by atoms with Gasteiger partial charge in [-0.2, -0.15) is 0 Å². The van der Waals surface area contributed by atoms with Gasteiger partial charge in [0.25, 0.3) is 0 Å². The molecule has 4 heteroatoms. The average molecular weight is 318 g/mol. The number of carbonyl (C=O) groups is 1. The highest BCUT2D eigenvalue weighted by Crippen LogP contribution is 2.17. The minimum absolute atomic E-state index is 0.0611. The molecular formula is C18H20ClNO2. The maximum atomic E-state index is 12.0. The van der Waals surface area contributed by atoms with E-state index in [0.29, 0.717) is 11.6 Å². The number of benzene rings is 2. The number of aryl methyl sites for hydroxylation is 1. The van der Waals surface area contributed by atoms with Crippen LogP contribution in [0, 0.1) is 6.92 Å². The first-order valence-corrected chi connectivity index (χ1v) is 7.65. The summed E-state index contributed by atoms with van der Waals surface area (Å²) >= 11 is 6.06. The molecule has 0 heterocycles. The summed E-state index contributed by atoms with van der Waals surface area (Å²) in [6.45, 7) is 4.35. The van der Waals surface area contributed by atoms with E-state index in [1.807, 2.05) is 56.3 Å². The first-order chi connectivity index (χ1) is 10.6. The van der Waals surface area contributed by atoms with E-state index >= 15 is 0 Å². The number of nitrogens with one attached hydrogen (secondary N) is 1. The molecule has 0 spiro atoms. The Kier molecular flexibility index (Phi) is 5.84. The van der Waals surface area contributed by atoms with E-state index in [1.165, 1.54) is 0 Å². The Balaban J connectivity index is 1.82. The second kappa shape index (κ2) is 7.85. The molecule has 0 fully saturated rings. The quantitative estimate of drug-likeness (QED) is 0.880. The van der Waals surface area contributed by atoms with Crippen molar-refractivity contribution in [3.8, 4) is 5.75 Å². The number of hydrogen-bond donors (Lipinski definition) is 1. The Bertz CT molecular complexity index is 642. The zero-order chi connectivity index (χ0) is 15.9. The molecule has 0 bridgehead atoms. The summed E-state index contributed by atoms with van der Waals surface area (Å²) in [4.78, 5) is 12.0. The molecule has 0 aromatic heterocycles. The molecule has 1 N–H and O–H groups in total. The summed E-state index contributed by atoms with van der Waals surface area (Å²) in [5.74, 6) is 0.781. The van der Waals surface area contributed by atoms with Gasteiger partial charge in [0.05, 0.1) is 12.5 Å². The van der Waals surface area contributed by atoms with E-state index in [2.05, 4.69) is 5.32 Å². The van der Waals surface area contributed by atoms with E-state index in [9.17, 15) is 4.79 Å². The molecular weight excluding hydrogens is 298 g/mol. The third kappa shape index (κ3) is 4.78. The lowest BCUT2D eigenvalue weighted by Gasteiger charge is -2.16. The van der Waals surface area contributed by atoms with Crippen molar-refractivity contribution in [2.45, 2.75) is 26.3 Å². The maximum absolute atomic E-state index is 12.0. The van der Waals surface area contributed by atoms with E-state index < -0.39 is 0 Å². The third-order valence-electron chi connectivity index (χ3n) is 3.30. The summed E-state index contributed by atoms with van der Waals surface area (Å²) in [7, 11) is 0. The summed E-state index contributed by atoms with van der Waals surface area (Å²) in [6, 6.07) is 15.1. The van der Waals surface area contributed by atoms with Crippen LogP contribution in [0.25, 0.3) is 0 Å². The van der Waals surface area contributed by atoms with Gasteiger partial charge in [-0.15, -0.1) is 0 Å². The standard InChI is InChI=1S/C18H20ClNO2/c1-13-7-3-6-10-17(13)22-12-14(2)20-18(21)11-15-8-4-5-9-16(15)19/h3-10,14H,11-12H2,1-2H3,(H,20,21). The normalized spacial score (nSPS) is 11.8. The van der Waals surface area contributed by atoms with E-state index in [4.69, 9.17) is 16.3 Å². The SMILES string of the molecule is Cc1ccccc1OCC(C)NC(=O)Cc1ccccc1Cl. The van der Waals surface area contributed by atoms with Crippen LogP contribution in [0.1, 0.15) is 18.1 Å². The van der Waals surface area contributed by atoms with Crippen molar-refractivity contribution < 1.29 is 9.53 Å². The molecule has 0 saturated carbocycles. The third-order valence-corrected chi connectivity index (χ3v) is 3.67. The highest BCUT2D eigenvalue weighted by atomic mass is 35.5. The first kappa shape index (κ1) is 16.4. The molecule has 0 aliphatic rings. The molecule has 2 aromatic carbocycles. The van der Waals surface area contributed by atoms with Crippen LogP contribution < -0.4 is 10.1 Å². The molecule has 1 unspecified atom stereocenters. The lowest BCUT2D eigenvalue weighted by atomic mass is 10.1. The summed E-state index contributed by atoms with van der Waals surface area (Å²) in [5.41, 5.74) is 1.91. The molecule has 0 radical (unpaired) electrons. The van der Waals surface area contributed by atoms with E-state index in [1.54, 1.807) is 6.07 Å². The van der Waals surface area contributed by atoms with Crippen molar-refractivity contribution in [3.63, 3.8) is 0 Å². The van der Waals surface area contributed by atoms with Crippen LogP contribution in [0.3, 0.4) is 0 Å². The Morgan fingerprint density at radius 3 is 2.59 bits per heavy atom. The zero-order valence-corrected chi connectivity index (χ0v) is 13.6. The number of para-hydroxylation sites is 1. The summed E-state index contributed by atoms with van der Waals surface area (Å²) < 4.78 is 5.73. The molecule has 1 amide bonds. The predicted octanol–water partition coefficient (Wildman–Crippen LogP) is 3.77. The van der Waals surface area contributed by atoms with Crippen molar-refractivity contribution in [2.75, 3.05) is 6.61 Å². The van der Waals surface area contributed by atoms with Gasteiger partial charge in [-0.1, -0.05) is 48.0 Å². The van der Waals surface area contributed by atoms with Crippen LogP contribution in [0.5, 0.6) is 5.75 Å². The number of ether oxygens (including phenoxy) is 1. The molecule has 0 aliphatic heterocycles. The number of halogens is 1. The predicted molar refractivity (Wildman–Crippen MR) is 89.4 cm³/mol. The van der Waals surface area contributed by atoms with Gasteiger partial charge in [-0.25, -0.2) is 0 Å². The smallest absolute Gasteiger partial charge is 0.224 e. The van der Waals surface area contributed by atoms with E-state index in [-0.39, 0.29) is 18.4 Å². The number of hydrogen-bond acceptors (Lipinski definition) is 2. The summed E-state index contributed by atoms with van der Waals surface area (Å²) in [5, 5.41) is 3.54. The molecule has 116 valence electrons. The second-order valence-electron chi connectivity index (χ2n) is 5.31. The largest absolute Gasteiger partial charge is 0.491 e. The Morgan fingerprint density at radius 2 is 1.86 bits per heavy atom. The van der Waals surface area contributed by atoms with Crippen molar-refractivity contribution in [1.82, 2.24) is 5.32 Å². The Morgan fingerprint density at radius 1 is 1.18 bits per heavy atom. The van der Waals surface area contributed by atoms with Gasteiger partial charge < -0.3 is 10.1 Å². The Labute approximate surface area is 136 Å². The first-order valence-electron chi connectivity index (χ1n) is 7.27. The fraction of sp³-hybridized carbons (Fsp3) is 0.278. The molecule has 0 aliphatic carbocycles. The van der Waals surface area contributed by atoms with Gasteiger partial charge in [0.2, 0.25) is 5.91 Å². The molecule has 0 saturated heterocycles. The molecule has 2 aromatic rings. The number of rotatable bonds is 6. The van der Waals surface area contributed by atoms with Crippen molar-refractivity contribution in [2.24, 2.45) is 0 Å². The van der Waals surface area contributed by atoms with Gasteiger partial charge >= 0.3 is 0 Å².